The molecule has 0 amide bonds. The first kappa shape index (κ1) is 22.6. The third kappa shape index (κ3) is 5.25. The molecule has 0 spiro atoms. The van der Waals surface area contributed by atoms with Gasteiger partial charge in [0.05, 0.1) is 14.2 Å². The molecule has 164 valence electrons. The van der Waals surface area contributed by atoms with E-state index in [1.54, 1.807) is 14.2 Å². The number of thioether (sulfide) groups is 2. The first-order valence-corrected chi connectivity index (χ1v) is 12.7. The second-order valence-electron chi connectivity index (χ2n) is 7.48. The minimum absolute atomic E-state index is 0.0407. The zero-order chi connectivity index (χ0) is 22.2. The maximum absolute atomic E-state index is 5.35. The van der Waals surface area contributed by atoms with Crippen LogP contribution in [0, 0.1) is 0 Å². The molecule has 2 nitrogen and oxygen atoms in total. The van der Waals surface area contributed by atoms with Crippen molar-refractivity contribution in [3.63, 3.8) is 0 Å². The molecule has 1 fully saturated rings. The summed E-state index contributed by atoms with van der Waals surface area (Å²) in [4.78, 5) is 0. The highest BCUT2D eigenvalue weighted by Gasteiger charge is 2.32. The van der Waals surface area contributed by atoms with E-state index in [4.69, 9.17) is 9.47 Å². The van der Waals surface area contributed by atoms with Crippen molar-refractivity contribution in [3.8, 4) is 11.5 Å². The van der Waals surface area contributed by atoms with Gasteiger partial charge in [0.15, 0.2) is 0 Å². The van der Waals surface area contributed by atoms with Crippen LogP contribution in [0.1, 0.15) is 23.1 Å². The second kappa shape index (κ2) is 10.8. The van der Waals surface area contributed by atoms with E-state index in [2.05, 4.69) is 72.8 Å². The van der Waals surface area contributed by atoms with E-state index < -0.39 is 0 Å². The summed E-state index contributed by atoms with van der Waals surface area (Å²) in [5.74, 6) is 4.08. The van der Waals surface area contributed by atoms with Gasteiger partial charge in [0.2, 0.25) is 0 Å². The summed E-state index contributed by atoms with van der Waals surface area (Å²) in [6.45, 7) is 0. The van der Waals surface area contributed by atoms with E-state index in [0.29, 0.717) is 0 Å². The molecule has 1 aliphatic rings. The van der Waals surface area contributed by atoms with Crippen molar-refractivity contribution < 1.29 is 9.47 Å². The van der Waals surface area contributed by atoms with E-state index in [1.165, 1.54) is 29.1 Å². The molecule has 0 bridgehead atoms. The molecular weight excluding hydrogens is 432 g/mol. The number of hydrogen-bond donors (Lipinski definition) is 0. The lowest BCUT2D eigenvalue weighted by Gasteiger charge is -2.33. The molecule has 32 heavy (non-hydrogen) atoms. The van der Waals surface area contributed by atoms with Crippen molar-refractivity contribution in [3.05, 3.63) is 114 Å². The largest absolute Gasteiger partial charge is 0.497 e. The van der Waals surface area contributed by atoms with Crippen LogP contribution in [-0.4, -0.2) is 25.7 Å². The lowest BCUT2D eigenvalue weighted by molar-refractivity contribution is 0.414. The van der Waals surface area contributed by atoms with Gasteiger partial charge in [-0.25, -0.2) is 0 Å². The fraction of sp³-hybridized carbons (Fsp3) is 0.214. The number of ether oxygens (including phenoxy) is 2. The van der Waals surface area contributed by atoms with Crippen molar-refractivity contribution in [2.24, 2.45) is 0 Å². The molecule has 0 aliphatic carbocycles. The van der Waals surface area contributed by atoms with E-state index in [9.17, 15) is 0 Å². The number of methoxy groups -OCH3 is 2. The van der Waals surface area contributed by atoms with Crippen LogP contribution in [0.2, 0.25) is 0 Å². The van der Waals surface area contributed by atoms with Gasteiger partial charge in [0.1, 0.15) is 15.6 Å². The summed E-state index contributed by atoms with van der Waals surface area (Å²) in [6.07, 6.45) is 8.08. The Balaban J connectivity index is 1.72. The Bertz CT molecular complexity index is 999. The maximum atomic E-state index is 5.35. The predicted molar refractivity (Wildman–Crippen MR) is 140 cm³/mol. The minimum Gasteiger partial charge on any atom is -0.497 e. The molecule has 3 aromatic rings. The summed E-state index contributed by atoms with van der Waals surface area (Å²) in [6, 6.07) is 27.3. The van der Waals surface area contributed by atoms with Gasteiger partial charge >= 0.3 is 0 Å². The molecule has 0 aromatic heterocycles. The topological polar surface area (TPSA) is 18.5 Å². The minimum atomic E-state index is -0.0407. The summed E-state index contributed by atoms with van der Waals surface area (Å²) in [5.41, 5.74) is 4.83. The summed E-state index contributed by atoms with van der Waals surface area (Å²) in [7, 11) is 3.39. The van der Waals surface area contributed by atoms with Crippen molar-refractivity contribution in [1.82, 2.24) is 0 Å². The Morgan fingerprint density at radius 1 is 0.750 bits per heavy atom. The molecule has 0 saturated carbocycles. The van der Waals surface area contributed by atoms with Crippen molar-refractivity contribution in [2.75, 3.05) is 25.7 Å². The fourth-order valence-electron chi connectivity index (χ4n) is 3.75. The summed E-state index contributed by atoms with van der Waals surface area (Å²) in [5, 5.41) is 0. The third-order valence-corrected chi connectivity index (χ3v) is 8.77. The number of benzene rings is 3. The van der Waals surface area contributed by atoms with Crippen LogP contribution in [0.3, 0.4) is 0 Å². The van der Waals surface area contributed by atoms with Crippen LogP contribution in [0.15, 0.2) is 97.1 Å². The van der Waals surface area contributed by atoms with Gasteiger partial charge in [-0.15, -0.1) is 23.5 Å². The first-order valence-electron chi connectivity index (χ1n) is 10.8. The predicted octanol–water partition coefficient (Wildman–Crippen LogP) is 7.41. The standard InChI is InChI=1S/C28H28O2S2/c1-29-25-15-11-22(12-16-25)27(23-13-17-26(30-2)18-14-23)10-6-19-28(31-20-7-21-32-28)24-8-4-3-5-9-24/h3-6,8-19H,7,20-21H2,1-2H3. The van der Waals surface area contributed by atoms with Crippen molar-refractivity contribution >= 4 is 29.1 Å². The molecule has 4 heteroatoms. The molecule has 0 radical (unpaired) electrons. The Morgan fingerprint density at radius 3 is 1.78 bits per heavy atom. The molecule has 1 aliphatic heterocycles. The SMILES string of the molecule is COc1ccc(C(=CC=CC2(c3ccccc3)SCCCS2)c2ccc(OC)cc2)cc1. The Hall–Kier alpha value is -2.56. The van der Waals surface area contributed by atoms with Crippen LogP contribution in [0.25, 0.3) is 5.57 Å². The Labute approximate surface area is 199 Å². The molecule has 1 saturated heterocycles. The zero-order valence-corrected chi connectivity index (χ0v) is 20.1. The van der Waals surface area contributed by atoms with Gasteiger partial charge in [-0.3, -0.25) is 0 Å². The van der Waals surface area contributed by atoms with Crippen LogP contribution < -0.4 is 9.47 Å². The average molecular weight is 461 g/mol. The highest BCUT2D eigenvalue weighted by Crippen LogP contribution is 2.51. The quantitative estimate of drug-likeness (QED) is 0.341. The van der Waals surface area contributed by atoms with Gasteiger partial charge in [-0.05, 0) is 64.5 Å². The van der Waals surface area contributed by atoms with Gasteiger partial charge in [-0.1, -0.05) is 72.8 Å². The molecule has 4 rings (SSSR count). The van der Waals surface area contributed by atoms with Crippen molar-refractivity contribution in [2.45, 2.75) is 10.5 Å². The number of rotatable bonds is 7. The normalized spacial score (nSPS) is 15.3. The van der Waals surface area contributed by atoms with Gasteiger partial charge in [0, 0.05) is 0 Å². The van der Waals surface area contributed by atoms with Crippen LogP contribution >= 0.6 is 23.5 Å². The van der Waals surface area contributed by atoms with Gasteiger partial charge < -0.3 is 9.47 Å². The molecule has 3 aromatic carbocycles. The van der Waals surface area contributed by atoms with Gasteiger partial charge in [0.25, 0.3) is 0 Å². The van der Waals surface area contributed by atoms with E-state index in [-0.39, 0.29) is 4.08 Å². The first-order chi connectivity index (χ1) is 15.7. The highest BCUT2D eigenvalue weighted by atomic mass is 32.2. The van der Waals surface area contributed by atoms with E-state index in [1.807, 2.05) is 47.8 Å². The number of hydrogen-bond acceptors (Lipinski definition) is 4. The smallest absolute Gasteiger partial charge is 0.118 e. The third-order valence-electron chi connectivity index (χ3n) is 5.48. The molecule has 0 unspecified atom stereocenters. The van der Waals surface area contributed by atoms with Crippen LogP contribution in [-0.2, 0) is 4.08 Å². The molecule has 0 N–H and O–H groups in total. The van der Waals surface area contributed by atoms with E-state index in [0.717, 1.165) is 22.6 Å². The molecular formula is C28H28O2S2. The molecule has 1 heterocycles. The van der Waals surface area contributed by atoms with E-state index >= 15 is 0 Å². The van der Waals surface area contributed by atoms with Gasteiger partial charge in [-0.2, -0.15) is 0 Å². The van der Waals surface area contributed by atoms with Crippen molar-refractivity contribution in [1.29, 1.82) is 0 Å². The fourth-order valence-corrected chi connectivity index (χ4v) is 6.90. The highest BCUT2D eigenvalue weighted by molar-refractivity contribution is 8.18. The zero-order valence-electron chi connectivity index (χ0n) is 18.5. The second-order valence-corrected chi connectivity index (χ2v) is 10.4. The summed E-state index contributed by atoms with van der Waals surface area (Å²) < 4.78 is 10.7. The number of allylic oxidation sites excluding steroid dienone is 2. The van der Waals surface area contributed by atoms with Crippen LogP contribution in [0.5, 0.6) is 11.5 Å². The Kier molecular flexibility index (Phi) is 7.67. The lowest BCUT2D eigenvalue weighted by Crippen LogP contribution is -2.20. The lowest BCUT2D eigenvalue weighted by atomic mass is 9.97. The monoisotopic (exact) mass is 460 g/mol. The molecule has 0 atom stereocenters. The average Bonchev–Trinajstić information content (AvgIpc) is 2.88. The van der Waals surface area contributed by atoms with Crippen LogP contribution in [0.4, 0.5) is 0 Å². The summed E-state index contributed by atoms with van der Waals surface area (Å²) >= 11 is 4.06. The maximum Gasteiger partial charge on any atom is 0.118 e. The Morgan fingerprint density at radius 2 is 1.28 bits per heavy atom.